The van der Waals surface area contributed by atoms with E-state index in [-0.39, 0.29) is 12.0 Å². The predicted octanol–water partition coefficient (Wildman–Crippen LogP) is 0.0320. The van der Waals surface area contributed by atoms with Gasteiger partial charge in [0.05, 0.1) is 24.7 Å². The first kappa shape index (κ1) is 12.3. The van der Waals surface area contributed by atoms with E-state index >= 15 is 0 Å². The van der Waals surface area contributed by atoms with Gasteiger partial charge in [-0.2, -0.15) is 0 Å². The Labute approximate surface area is 116 Å². The standard InChI is InChI=1S/C14H17NO5/c16-12-11-10(13(17)18)9-3-4-14(11,20-9)7-15(12)6-8-2-1-5-19-8/h3-4,8-11H,1-2,5-7H2,(H,17,18)/t8-,9-,10+,11+,14+/m0/s1. The summed E-state index contributed by atoms with van der Waals surface area (Å²) in [5.74, 6) is -2.36. The van der Waals surface area contributed by atoms with Crippen molar-refractivity contribution in [2.45, 2.75) is 30.7 Å². The van der Waals surface area contributed by atoms with Crippen LogP contribution >= 0.6 is 0 Å². The van der Waals surface area contributed by atoms with Crippen LogP contribution in [0.2, 0.25) is 0 Å². The minimum atomic E-state index is -0.946. The van der Waals surface area contributed by atoms with E-state index < -0.39 is 29.5 Å². The van der Waals surface area contributed by atoms with Gasteiger partial charge in [0, 0.05) is 13.2 Å². The van der Waals surface area contributed by atoms with E-state index in [1.54, 1.807) is 11.0 Å². The Morgan fingerprint density at radius 1 is 1.55 bits per heavy atom. The third-order valence-electron chi connectivity index (χ3n) is 4.91. The molecule has 3 saturated heterocycles. The molecule has 4 heterocycles. The van der Waals surface area contributed by atoms with E-state index in [9.17, 15) is 14.7 Å². The molecule has 20 heavy (non-hydrogen) atoms. The third kappa shape index (κ3) is 1.52. The maximum absolute atomic E-state index is 12.6. The van der Waals surface area contributed by atoms with E-state index in [1.165, 1.54) is 0 Å². The Morgan fingerprint density at radius 2 is 2.40 bits per heavy atom. The smallest absolute Gasteiger partial charge is 0.310 e. The maximum atomic E-state index is 12.6. The van der Waals surface area contributed by atoms with Gasteiger partial charge in [0.1, 0.15) is 11.5 Å². The van der Waals surface area contributed by atoms with Crippen molar-refractivity contribution in [3.05, 3.63) is 12.2 Å². The zero-order valence-electron chi connectivity index (χ0n) is 11.0. The van der Waals surface area contributed by atoms with Crippen LogP contribution < -0.4 is 0 Å². The topological polar surface area (TPSA) is 76.1 Å². The molecular weight excluding hydrogens is 262 g/mol. The lowest BCUT2D eigenvalue weighted by atomic mass is 9.77. The van der Waals surface area contributed by atoms with Crippen molar-refractivity contribution >= 4 is 11.9 Å². The fourth-order valence-corrected chi connectivity index (χ4v) is 4.05. The molecule has 6 heteroatoms. The molecule has 0 aromatic carbocycles. The van der Waals surface area contributed by atoms with Gasteiger partial charge in [0.2, 0.25) is 5.91 Å². The van der Waals surface area contributed by atoms with Crippen LogP contribution in [0.5, 0.6) is 0 Å². The second-order valence-corrected chi connectivity index (χ2v) is 6.09. The molecule has 0 saturated carbocycles. The lowest BCUT2D eigenvalue weighted by Crippen LogP contribution is -2.39. The molecule has 6 nitrogen and oxygen atoms in total. The van der Waals surface area contributed by atoms with E-state index in [2.05, 4.69) is 0 Å². The van der Waals surface area contributed by atoms with Crippen molar-refractivity contribution in [1.82, 2.24) is 4.90 Å². The number of amides is 1. The number of nitrogens with zero attached hydrogens (tertiary/aromatic N) is 1. The van der Waals surface area contributed by atoms with Crippen molar-refractivity contribution in [1.29, 1.82) is 0 Å². The minimum absolute atomic E-state index is 0.0821. The molecule has 2 bridgehead atoms. The summed E-state index contributed by atoms with van der Waals surface area (Å²) in [6.45, 7) is 1.75. The Hall–Kier alpha value is -1.40. The number of fused-ring (bicyclic) bond motifs is 1. The van der Waals surface area contributed by atoms with Crippen LogP contribution in [-0.4, -0.2) is 59.4 Å². The molecule has 0 aliphatic carbocycles. The van der Waals surface area contributed by atoms with Gasteiger partial charge in [-0.1, -0.05) is 12.2 Å². The van der Waals surface area contributed by atoms with Crippen LogP contribution in [0.3, 0.4) is 0 Å². The van der Waals surface area contributed by atoms with Gasteiger partial charge in [-0.3, -0.25) is 9.59 Å². The van der Waals surface area contributed by atoms with Crippen molar-refractivity contribution in [2.24, 2.45) is 11.8 Å². The molecule has 108 valence electrons. The lowest BCUT2D eigenvalue weighted by Gasteiger charge is -2.23. The Balaban J connectivity index is 1.58. The molecular formula is C14H17NO5. The Bertz CT molecular complexity index is 498. The number of hydrogen-bond donors (Lipinski definition) is 1. The number of rotatable bonds is 3. The number of carboxylic acid groups (broad SMARTS) is 1. The largest absolute Gasteiger partial charge is 0.481 e. The molecule has 4 aliphatic rings. The van der Waals surface area contributed by atoms with Crippen LogP contribution in [-0.2, 0) is 19.1 Å². The highest BCUT2D eigenvalue weighted by molar-refractivity contribution is 5.90. The Morgan fingerprint density at radius 3 is 3.10 bits per heavy atom. The lowest BCUT2D eigenvalue weighted by molar-refractivity contribution is -0.148. The normalized spacial score (nSPS) is 45.4. The van der Waals surface area contributed by atoms with Gasteiger partial charge < -0.3 is 19.5 Å². The summed E-state index contributed by atoms with van der Waals surface area (Å²) in [5, 5.41) is 9.36. The van der Waals surface area contributed by atoms with Gasteiger partial charge >= 0.3 is 5.97 Å². The maximum Gasteiger partial charge on any atom is 0.310 e. The fourth-order valence-electron chi connectivity index (χ4n) is 4.05. The zero-order chi connectivity index (χ0) is 13.9. The van der Waals surface area contributed by atoms with Gasteiger partial charge in [-0.25, -0.2) is 0 Å². The minimum Gasteiger partial charge on any atom is -0.481 e. The van der Waals surface area contributed by atoms with Crippen molar-refractivity contribution < 1.29 is 24.2 Å². The first-order valence-electron chi connectivity index (χ1n) is 7.11. The number of ether oxygens (including phenoxy) is 2. The van der Waals surface area contributed by atoms with E-state index in [0.29, 0.717) is 13.1 Å². The predicted molar refractivity (Wildman–Crippen MR) is 66.9 cm³/mol. The van der Waals surface area contributed by atoms with Gasteiger partial charge in [0.25, 0.3) is 0 Å². The van der Waals surface area contributed by atoms with Crippen LogP contribution in [0.4, 0.5) is 0 Å². The monoisotopic (exact) mass is 279 g/mol. The molecule has 5 atom stereocenters. The number of carbonyl (C=O) groups excluding carboxylic acids is 1. The summed E-state index contributed by atoms with van der Waals surface area (Å²) in [4.78, 5) is 25.7. The fraction of sp³-hybridized carbons (Fsp3) is 0.714. The number of carbonyl (C=O) groups is 2. The van der Waals surface area contributed by atoms with Crippen LogP contribution in [0, 0.1) is 11.8 Å². The molecule has 0 radical (unpaired) electrons. The summed E-state index contributed by atoms with van der Waals surface area (Å²) >= 11 is 0. The quantitative estimate of drug-likeness (QED) is 0.738. The van der Waals surface area contributed by atoms with Gasteiger partial charge in [0.15, 0.2) is 0 Å². The van der Waals surface area contributed by atoms with Gasteiger partial charge in [-0.15, -0.1) is 0 Å². The van der Waals surface area contributed by atoms with E-state index in [1.807, 2.05) is 6.08 Å². The summed E-state index contributed by atoms with van der Waals surface area (Å²) < 4.78 is 11.4. The second kappa shape index (κ2) is 4.05. The molecule has 4 rings (SSSR count). The third-order valence-corrected chi connectivity index (χ3v) is 4.91. The van der Waals surface area contributed by atoms with E-state index in [4.69, 9.17) is 9.47 Å². The molecule has 1 amide bonds. The highest BCUT2D eigenvalue weighted by atomic mass is 16.5. The van der Waals surface area contributed by atoms with Crippen molar-refractivity contribution in [3.8, 4) is 0 Å². The first-order chi connectivity index (χ1) is 9.61. The van der Waals surface area contributed by atoms with Crippen LogP contribution in [0.1, 0.15) is 12.8 Å². The number of carboxylic acids is 1. The first-order valence-corrected chi connectivity index (χ1v) is 7.11. The number of aliphatic carboxylic acids is 1. The van der Waals surface area contributed by atoms with E-state index in [0.717, 1.165) is 19.4 Å². The second-order valence-electron chi connectivity index (χ2n) is 6.09. The van der Waals surface area contributed by atoms with Crippen LogP contribution in [0.15, 0.2) is 12.2 Å². The van der Waals surface area contributed by atoms with Crippen molar-refractivity contribution in [3.63, 3.8) is 0 Å². The molecule has 0 aromatic heterocycles. The zero-order valence-corrected chi connectivity index (χ0v) is 11.0. The molecule has 1 spiro atoms. The molecule has 4 aliphatic heterocycles. The highest BCUT2D eigenvalue weighted by Crippen LogP contribution is 2.51. The summed E-state index contributed by atoms with van der Waals surface area (Å²) in [7, 11) is 0. The molecule has 1 N–H and O–H groups in total. The van der Waals surface area contributed by atoms with Gasteiger partial charge in [-0.05, 0) is 12.8 Å². The van der Waals surface area contributed by atoms with Crippen LogP contribution in [0.25, 0.3) is 0 Å². The number of likely N-dealkylation sites (tertiary alicyclic amines) is 1. The molecule has 3 fully saturated rings. The number of hydrogen-bond acceptors (Lipinski definition) is 4. The summed E-state index contributed by atoms with van der Waals surface area (Å²) in [6.07, 6.45) is 5.29. The molecule has 0 aromatic rings. The Kier molecular flexibility index (Phi) is 2.50. The molecule has 0 unspecified atom stereocenters. The average molecular weight is 279 g/mol. The summed E-state index contributed by atoms with van der Waals surface area (Å²) in [5.41, 5.74) is -0.719. The SMILES string of the molecule is O=C(O)[C@@H]1[C@@H]2C=C[C@]3(CN(C[C@@H]4CCCO4)C(=O)[C@@H]13)O2. The highest BCUT2D eigenvalue weighted by Gasteiger charge is 2.67. The average Bonchev–Trinajstić information content (AvgIpc) is 3.12. The summed E-state index contributed by atoms with van der Waals surface area (Å²) in [6, 6.07) is 0. The van der Waals surface area contributed by atoms with Crippen molar-refractivity contribution in [2.75, 3.05) is 19.7 Å².